The maximum Gasteiger partial charge on any atom is 0.472 e. The van der Waals surface area contributed by atoms with Crippen LogP contribution in [-0.4, -0.2) is 60.5 Å². The summed E-state index contributed by atoms with van der Waals surface area (Å²) in [7, 11) is -4.40. The zero-order valence-electron chi connectivity index (χ0n) is 35.0. The Kier molecular flexibility index (Phi) is 38.7. The van der Waals surface area contributed by atoms with Crippen LogP contribution in [0.5, 0.6) is 0 Å². The fraction of sp³-hybridized carbons (Fsp3) is 0.689. The van der Waals surface area contributed by atoms with Crippen LogP contribution in [0.4, 0.5) is 0 Å². The summed E-state index contributed by atoms with van der Waals surface area (Å²) >= 11 is 0. The van der Waals surface area contributed by atoms with Gasteiger partial charge in [-0.1, -0.05) is 145 Å². The fourth-order valence-corrected chi connectivity index (χ4v) is 6.15. The van der Waals surface area contributed by atoms with E-state index in [1.807, 2.05) is 18.2 Å². The van der Waals surface area contributed by atoms with Crippen LogP contribution in [0.2, 0.25) is 0 Å². The highest BCUT2D eigenvalue weighted by Crippen LogP contribution is 2.43. The second kappa shape index (κ2) is 40.6. The number of carbonyl (C=O) groups is 2. The van der Waals surface area contributed by atoms with E-state index in [0.29, 0.717) is 19.3 Å². The second-order valence-electron chi connectivity index (χ2n) is 14.0. The summed E-state index contributed by atoms with van der Waals surface area (Å²) in [6.45, 7) is 3.45. The maximum absolute atomic E-state index is 12.6. The van der Waals surface area contributed by atoms with Crippen LogP contribution >= 0.6 is 7.82 Å². The standard InChI is InChI=1S/C45H78NO9P/c1-3-5-7-8-9-10-11-12-13-14-15-16-21-24-27-30-33-37-45(49)55-43(41-54-56(50,51)53-39-38-46)40-52-44(48)36-32-29-26-23-20-18-17-19-22-25-28-31-35-42(47)34-6-4-2/h9-10,12-13,17-18,22-23,25-26,31,35,42-43,47H,3-8,11,14-16,19-21,24,27-30,32-34,36-41,46H2,1-2H3,(H,50,51)/b10-9-,13-12-,18-17-,25-22-,26-23-,35-31-/t42-,43+/m0/s1. The smallest absolute Gasteiger partial charge is 0.462 e. The molecule has 0 spiro atoms. The molecule has 0 fully saturated rings. The van der Waals surface area contributed by atoms with Gasteiger partial charge in [0.15, 0.2) is 6.10 Å². The summed E-state index contributed by atoms with van der Waals surface area (Å²) in [6, 6.07) is 0. The Balaban J connectivity index is 4.31. The van der Waals surface area contributed by atoms with Crippen molar-refractivity contribution in [1.82, 2.24) is 0 Å². The number of hydrogen-bond donors (Lipinski definition) is 3. The van der Waals surface area contributed by atoms with E-state index in [1.165, 1.54) is 44.9 Å². The molecule has 0 aliphatic carbocycles. The number of phosphoric acid groups is 1. The summed E-state index contributed by atoms with van der Waals surface area (Å²) in [5, 5.41) is 9.81. The van der Waals surface area contributed by atoms with Gasteiger partial charge in [0.05, 0.1) is 19.3 Å². The van der Waals surface area contributed by atoms with E-state index >= 15 is 0 Å². The lowest BCUT2D eigenvalue weighted by molar-refractivity contribution is -0.161. The quantitative estimate of drug-likeness (QED) is 0.0236. The number of aliphatic hydroxyl groups is 1. The zero-order chi connectivity index (χ0) is 41.2. The van der Waals surface area contributed by atoms with Gasteiger partial charge in [-0.05, 0) is 77.0 Å². The molecular formula is C45H78NO9P. The molecule has 56 heavy (non-hydrogen) atoms. The lowest BCUT2D eigenvalue weighted by atomic mass is 10.1. The van der Waals surface area contributed by atoms with Crippen LogP contribution in [-0.2, 0) is 32.7 Å². The van der Waals surface area contributed by atoms with Crippen LogP contribution in [0.3, 0.4) is 0 Å². The molecule has 0 aliphatic heterocycles. The Morgan fingerprint density at radius 3 is 1.70 bits per heavy atom. The normalized spacial score (nSPS) is 14.6. The van der Waals surface area contributed by atoms with Gasteiger partial charge in [-0.2, -0.15) is 0 Å². The van der Waals surface area contributed by atoms with Crippen LogP contribution in [0.1, 0.15) is 162 Å². The molecule has 0 radical (unpaired) electrons. The third-order valence-electron chi connectivity index (χ3n) is 8.64. The molecule has 10 nitrogen and oxygen atoms in total. The first-order valence-electron chi connectivity index (χ1n) is 21.5. The third kappa shape index (κ3) is 39.6. The fourth-order valence-electron chi connectivity index (χ4n) is 5.38. The van der Waals surface area contributed by atoms with E-state index < -0.39 is 32.5 Å². The van der Waals surface area contributed by atoms with Gasteiger partial charge < -0.3 is 25.2 Å². The van der Waals surface area contributed by atoms with Gasteiger partial charge in [0, 0.05) is 19.4 Å². The molecule has 0 amide bonds. The van der Waals surface area contributed by atoms with Crippen LogP contribution < -0.4 is 5.73 Å². The number of nitrogens with two attached hydrogens (primary N) is 1. The van der Waals surface area contributed by atoms with Crippen LogP contribution in [0.15, 0.2) is 72.9 Å². The second-order valence-corrected chi connectivity index (χ2v) is 15.5. The molecule has 4 N–H and O–H groups in total. The Labute approximate surface area is 340 Å². The van der Waals surface area contributed by atoms with E-state index in [9.17, 15) is 24.2 Å². The number of aliphatic hydroxyl groups excluding tert-OH is 1. The van der Waals surface area contributed by atoms with E-state index in [-0.39, 0.29) is 38.7 Å². The first-order chi connectivity index (χ1) is 27.2. The molecule has 0 saturated heterocycles. The van der Waals surface area contributed by atoms with Gasteiger partial charge in [0.2, 0.25) is 0 Å². The van der Waals surface area contributed by atoms with Crippen molar-refractivity contribution in [2.75, 3.05) is 26.4 Å². The molecule has 0 aromatic heterocycles. The summed E-state index contributed by atoms with van der Waals surface area (Å²) in [6.07, 6.45) is 45.5. The maximum atomic E-state index is 12.6. The third-order valence-corrected chi connectivity index (χ3v) is 9.62. The van der Waals surface area contributed by atoms with Crippen molar-refractivity contribution in [3.05, 3.63) is 72.9 Å². The molecule has 0 bridgehead atoms. The van der Waals surface area contributed by atoms with Crippen LogP contribution in [0, 0.1) is 0 Å². The van der Waals surface area contributed by atoms with E-state index in [1.54, 1.807) is 0 Å². The molecule has 3 atom stereocenters. The Hall–Kier alpha value is -2.59. The van der Waals surface area contributed by atoms with Crippen molar-refractivity contribution in [2.45, 2.75) is 174 Å². The lowest BCUT2D eigenvalue weighted by Gasteiger charge is -2.19. The first kappa shape index (κ1) is 53.4. The minimum atomic E-state index is -4.40. The number of esters is 2. The Morgan fingerprint density at radius 2 is 1.11 bits per heavy atom. The first-order valence-corrected chi connectivity index (χ1v) is 23.0. The number of phosphoric ester groups is 1. The topological polar surface area (TPSA) is 155 Å². The molecule has 0 aromatic rings. The highest BCUT2D eigenvalue weighted by atomic mass is 31.2. The summed E-state index contributed by atoms with van der Waals surface area (Å²) < 4.78 is 32.7. The van der Waals surface area contributed by atoms with Gasteiger partial charge in [0.1, 0.15) is 6.61 Å². The molecule has 1 unspecified atom stereocenters. The predicted molar refractivity (Wildman–Crippen MR) is 230 cm³/mol. The van der Waals surface area contributed by atoms with Crippen molar-refractivity contribution < 1.29 is 42.7 Å². The van der Waals surface area contributed by atoms with Crippen molar-refractivity contribution in [3.63, 3.8) is 0 Å². The van der Waals surface area contributed by atoms with E-state index in [4.69, 9.17) is 24.3 Å². The Bertz CT molecular complexity index is 1160. The van der Waals surface area contributed by atoms with Crippen LogP contribution in [0.25, 0.3) is 0 Å². The van der Waals surface area contributed by atoms with E-state index in [2.05, 4.69) is 68.5 Å². The van der Waals surface area contributed by atoms with Crippen molar-refractivity contribution in [2.24, 2.45) is 5.73 Å². The van der Waals surface area contributed by atoms with Gasteiger partial charge >= 0.3 is 19.8 Å². The SMILES string of the molecule is CCCCC/C=C\C/C=C\CCCCCCCCCC(=O)O[C@H](COC(=O)CCC/C=C\C/C=C\C/C=C\C/C=C\[C@@H](O)CCCC)COP(=O)(O)OCCN. The average Bonchev–Trinajstić information content (AvgIpc) is 3.18. The average molecular weight is 808 g/mol. The van der Waals surface area contributed by atoms with Gasteiger partial charge in [-0.25, -0.2) is 4.57 Å². The summed E-state index contributed by atoms with van der Waals surface area (Å²) in [5.41, 5.74) is 5.34. The molecule has 11 heteroatoms. The molecule has 322 valence electrons. The number of ether oxygens (including phenoxy) is 2. The largest absolute Gasteiger partial charge is 0.472 e. The van der Waals surface area contributed by atoms with Crippen molar-refractivity contribution in [3.8, 4) is 0 Å². The zero-order valence-corrected chi connectivity index (χ0v) is 35.8. The molecule has 0 aromatic carbocycles. The number of carbonyl (C=O) groups excluding carboxylic acids is 2. The summed E-state index contributed by atoms with van der Waals surface area (Å²) in [4.78, 5) is 34.8. The van der Waals surface area contributed by atoms with Crippen molar-refractivity contribution >= 4 is 19.8 Å². The minimum Gasteiger partial charge on any atom is -0.462 e. The minimum absolute atomic E-state index is 0.0350. The highest BCUT2D eigenvalue weighted by molar-refractivity contribution is 7.47. The lowest BCUT2D eigenvalue weighted by Crippen LogP contribution is -2.29. The number of allylic oxidation sites excluding steroid dienone is 11. The monoisotopic (exact) mass is 808 g/mol. The number of unbranched alkanes of at least 4 members (excludes halogenated alkanes) is 12. The van der Waals surface area contributed by atoms with Gasteiger partial charge in [-0.15, -0.1) is 0 Å². The molecule has 0 rings (SSSR count). The number of rotatable bonds is 39. The molecule has 0 heterocycles. The molecule has 0 saturated carbocycles. The molecular weight excluding hydrogens is 729 g/mol. The summed E-state index contributed by atoms with van der Waals surface area (Å²) in [5.74, 6) is -0.932. The van der Waals surface area contributed by atoms with Gasteiger partial charge in [-0.3, -0.25) is 18.6 Å². The highest BCUT2D eigenvalue weighted by Gasteiger charge is 2.26. The Morgan fingerprint density at radius 1 is 0.607 bits per heavy atom. The number of hydrogen-bond acceptors (Lipinski definition) is 9. The van der Waals surface area contributed by atoms with Crippen molar-refractivity contribution in [1.29, 1.82) is 0 Å². The van der Waals surface area contributed by atoms with Gasteiger partial charge in [0.25, 0.3) is 0 Å². The molecule has 0 aliphatic rings. The van der Waals surface area contributed by atoms with E-state index in [0.717, 1.165) is 70.6 Å². The predicted octanol–water partition coefficient (Wildman–Crippen LogP) is 11.2.